The van der Waals surface area contributed by atoms with Gasteiger partial charge in [0, 0.05) is 18.0 Å². The quantitative estimate of drug-likeness (QED) is 0.446. The Kier molecular flexibility index (Phi) is 8.54. The fourth-order valence-corrected chi connectivity index (χ4v) is 3.42. The minimum Gasteiger partial charge on any atom is -0.493 e. The van der Waals surface area contributed by atoms with Crippen LogP contribution in [0.25, 0.3) is 11.1 Å². The van der Waals surface area contributed by atoms with Gasteiger partial charge in [0.2, 0.25) is 5.75 Å². The number of pyridine rings is 1. The summed E-state index contributed by atoms with van der Waals surface area (Å²) in [6, 6.07) is 16.7. The van der Waals surface area contributed by atoms with Crippen LogP contribution in [-0.2, 0) is 0 Å². The molecule has 1 unspecified atom stereocenters. The van der Waals surface area contributed by atoms with Gasteiger partial charge in [0.05, 0.1) is 33.1 Å². The summed E-state index contributed by atoms with van der Waals surface area (Å²) in [5.41, 5.74) is 4.16. The van der Waals surface area contributed by atoms with E-state index >= 15 is 0 Å². The molecule has 0 saturated carbocycles. The van der Waals surface area contributed by atoms with Gasteiger partial charge in [-0.15, -0.1) is 0 Å². The van der Waals surface area contributed by atoms with Crippen molar-refractivity contribution in [3.8, 4) is 28.4 Å². The Morgan fingerprint density at radius 1 is 0.867 bits per heavy atom. The number of aromatic nitrogens is 1. The lowest BCUT2D eigenvalue weighted by Gasteiger charge is -2.20. The smallest absolute Gasteiger partial charge is 0.203 e. The summed E-state index contributed by atoms with van der Waals surface area (Å²) in [7, 11) is 4.84. The highest BCUT2D eigenvalue weighted by Gasteiger charge is 2.15. The molecule has 0 aliphatic carbocycles. The summed E-state index contributed by atoms with van der Waals surface area (Å²) < 4.78 is 16.4. The molecular formula is C25H32N2O3. The van der Waals surface area contributed by atoms with Gasteiger partial charge in [-0.25, -0.2) is 0 Å². The first-order valence-electron chi connectivity index (χ1n) is 9.77. The number of benzene rings is 2. The van der Waals surface area contributed by atoms with Crippen molar-refractivity contribution in [3.05, 3.63) is 66.5 Å². The summed E-state index contributed by atoms with van der Waals surface area (Å²) in [4.78, 5) is 4.45. The van der Waals surface area contributed by atoms with E-state index in [1.807, 2.05) is 30.6 Å². The molecular weight excluding hydrogens is 376 g/mol. The first kappa shape index (κ1) is 23.1. The maximum atomic E-state index is 5.48. The van der Waals surface area contributed by atoms with Crippen LogP contribution < -0.4 is 19.5 Å². The second-order valence-corrected chi connectivity index (χ2v) is 6.77. The number of hydrogen-bond donors (Lipinski definition) is 1. The van der Waals surface area contributed by atoms with Gasteiger partial charge in [0.1, 0.15) is 0 Å². The van der Waals surface area contributed by atoms with E-state index in [1.165, 1.54) is 5.56 Å². The molecule has 0 saturated heterocycles. The Morgan fingerprint density at radius 3 is 2.10 bits per heavy atom. The third-order valence-corrected chi connectivity index (χ3v) is 4.86. The van der Waals surface area contributed by atoms with E-state index in [-0.39, 0.29) is 13.5 Å². The largest absolute Gasteiger partial charge is 0.493 e. The van der Waals surface area contributed by atoms with Crippen LogP contribution in [0.3, 0.4) is 0 Å². The normalized spacial score (nSPS) is 11.2. The van der Waals surface area contributed by atoms with Gasteiger partial charge in [-0.1, -0.05) is 51.1 Å². The average molecular weight is 409 g/mol. The van der Waals surface area contributed by atoms with Crippen LogP contribution in [0.4, 0.5) is 5.69 Å². The van der Waals surface area contributed by atoms with Crippen LogP contribution in [0.2, 0.25) is 0 Å². The number of ether oxygens (including phenoxy) is 3. The second-order valence-electron chi connectivity index (χ2n) is 6.77. The van der Waals surface area contributed by atoms with Crippen molar-refractivity contribution in [2.24, 2.45) is 0 Å². The zero-order valence-electron chi connectivity index (χ0n) is 17.4. The molecule has 0 amide bonds. The Hall–Kier alpha value is -3.21. The summed E-state index contributed by atoms with van der Waals surface area (Å²) in [6.45, 7) is 2.20. The van der Waals surface area contributed by atoms with Crippen LogP contribution in [0.1, 0.15) is 38.8 Å². The highest BCUT2D eigenvalue weighted by atomic mass is 16.5. The van der Waals surface area contributed by atoms with Gasteiger partial charge in [-0.2, -0.15) is 0 Å². The molecule has 3 rings (SSSR count). The standard InChI is InChI=1S/C24H28N2O3.CH4/c1-5-9-21(17-10-7-6-8-11-17)26-20-12-19(15-25-16-20)18-13-22(27-2)24(29-4)23(14-18)28-3;/h6-8,10-16,21,26H,5,9H2,1-4H3;1H4. The summed E-state index contributed by atoms with van der Waals surface area (Å²) >= 11 is 0. The molecule has 0 radical (unpaired) electrons. The topological polar surface area (TPSA) is 52.6 Å². The van der Waals surface area contributed by atoms with E-state index in [1.54, 1.807) is 21.3 Å². The van der Waals surface area contributed by atoms with Crippen molar-refractivity contribution in [3.63, 3.8) is 0 Å². The van der Waals surface area contributed by atoms with E-state index in [2.05, 4.69) is 47.6 Å². The minimum absolute atomic E-state index is 0. The molecule has 1 N–H and O–H groups in total. The number of nitrogens with zero attached hydrogens (tertiary/aromatic N) is 1. The molecule has 30 heavy (non-hydrogen) atoms. The number of methoxy groups -OCH3 is 3. The fraction of sp³-hybridized carbons (Fsp3) is 0.320. The number of anilines is 1. The van der Waals surface area contributed by atoms with Crippen molar-refractivity contribution in [2.45, 2.75) is 33.2 Å². The highest BCUT2D eigenvalue weighted by Crippen LogP contribution is 2.41. The Bertz CT molecular complexity index is 904. The van der Waals surface area contributed by atoms with Gasteiger partial charge in [0.25, 0.3) is 0 Å². The van der Waals surface area contributed by atoms with Gasteiger partial charge < -0.3 is 19.5 Å². The van der Waals surface area contributed by atoms with Crippen molar-refractivity contribution < 1.29 is 14.2 Å². The van der Waals surface area contributed by atoms with Crippen LogP contribution in [-0.4, -0.2) is 26.3 Å². The molecule has 0 aliphatic rings. The fourth-order valence-electron chi connectivity index (χ4n) is 3.42. The lowest BCUT2D eigenvalue weighted by Crippen LogP contribution is -2.10. The van der Waals surface area contributed by atoms with Gasteiger partial charge in [-0.05, 0) is 35.7 Å². The van der Waals surface area contributed by atoms with E-state index in [9.17, 15) is 0 Å². The molecule has 1 heterocycles. The van der Waals surface area contributed by atoms with Gasteiger partial charge in [-0.3, -0.25) is 4.98 Å². The third kappa shape index (κ3) is 5.23. The molecule has 0 aliphatic heterocycles. The highest BCUT2D eigenvalue weighted by molar-refractivity contribution is 5.72. The molecule has 3 aromatic rings. The number of nitrogens with one attached hydrogen (secondary N) is 1. The monoisotopic (exact) mass is 408 g/mol. The number of hydrogen-bond acceptors (Lipinski definition) is 5. The zero-order chi connectivity index (χ0) is 20.6. The predicted octanol–water partition coefficient (Wildman–Crippen LogP) is 6.36. The molecule has 2 aromatic carbocycles. The maximum absolute atomic E-state index is 5.48. The average Bonchev–Trinajstić information content (AvgIpc) is 2.78. The molecule has 1 aromatic heterocycles. The van der Waals surface area contributed by atoms with E-state index in [4.69, 9.17) is 14.2 Å². The summed E-state index contributed by atoms with van der Waals surface area (Å²) in [5.74, 6) is 1.81. The van der Waals surface area contributed by atoms with Crippen molar-refractivity contribution in [2.75, 3.05) is 26.6 Å². The SMILES string of the molecule is C.CCCC(Nc1cncc(-c2cc(OC)c(OC)c(OC)c2)c1)c1ccccc1. The van der Waals surface area contributed by atoms with Gasteiger partial charge in [0.15, 0.2) is 11.5 Å². The van der Waals surface area contributed by atoms with Crippen molar-refractivity contribution in [1.29, 1.82) is 0 Å². The van der Waals surface area contributed by atoms with Crippen LogP contribution in [0.5, 0.6) is 17.2 Å². The molecule has 1 atom stereocenters. The summed E-state index contributed by atoms with van der Waals surface area (Å²) in [5, 5.41) is 3.64. The van der Waals surface area contributed by atoms with E-state index in [0.29, 0.717) is 17.2 Å². The first-order valence-corrected chi connectivity index (χ1v) is 9.77. The zero-order valence-corrected chi connectivity index (χ0v) is 17.4. The predicted molar refractivity (Wildman–Crippen MR) is 124 cm³/mol. The Morgan fingerprint density at radius 2 is 1.53 bits per heavy atom. The molecule has 5 nitrogen and oxygen atoms in total. The molecule has 0 bridgehead atoms. The van der Waals surface area contributed by atoms with Crippen LogP contribution in [0, 0.1) is 0 Å². The second kappa shape index (κ2) is 11.1. The lowest BCUT2D eigenvalue weighted by atomic mass is 10.0. The number of rotatable bonds is 9. The Labute approximate surface area is 180 Å². The molecule has 160 valence electrons. The van der Waals surface area contributed by atoms with Crippen molar-refractivity contribution >= 4 is 5.69 Å². The molecule has 0 spiro atoms. The van der Waals surface area contributed by atoms with E-state index < -0.39 is 0 Å². The molecule has 5 heteroatoms. The lowest BCUT2D eigenvalue weighted by molar-refractivity contribution is 0.324. The van der Waals surface area contributed by atoms with Crippen molar-refractivity contribution in [1.82, 2.24) is 4.98 Å². The first-order chi connectivity index (χ1) is 14.2. The Balaban J connectivity index is 0.00000320. The van der Waals surface area contributed by atoms with Crippen LogP contribution in [0.15, 0.2) is 60.9 Å². The van der Waals surface area contributed by atoms with E-state index in [0.717, 1.165) is 29.7 Å². The minimum atomic E-state index is 0. The molecule has 0 fully saturated rings. The van der Waals surface area contributed by atoms with Crippen LogP contribution >= 0.6 is 0 Å². The third-order valence-electron chi connectivity index (χ3n) is 4.86. The maximum Gasteiger partial charge on any atom is 0.203 e. The van der Waals surface area contributed by atoms with Gasteiger partial charge >= 0.3 is 0 Å². The summed E-state index contributed by atoms with van der Waals surface area (Å²) in [6.07, 6.45) is 5.82.